The van der Waals surface area contributed by atoms with Crippen LogP contribution in [0.2, 0.25) is 5.02 Å². The molecule has 2 rings (SSSR count). The lowest BCUT2D eigenvalue weighted by atomic mass is 10.4. The van der Waals surface area contributed by atoms with Gasteiger partial charge in [0, 0.05) is 11.5 Å². The highest BCUT2D eigenvalue weighted by atomic mass is 35.5. The molecule has 0 aliphatic rings. The summed E-state index contributed by atoms with van der Waals surface area (Å²) < 4.78 is 5.00. The summed E-state index contributed by atoms with van der Waals surface area (Å²) in [6.45, 7) is 0.198. The molecule has 0 unspecified atom stereocenters. The zero-order valence-corrected chi connectivity index (χ0v) is 9.77. The second kappa shape index (κ2) is 4.61. The molecule has 0 saturated heterocycles. The number of hydrogen-bond donors (Lipinski definition) is 2. The van der Waals surface area contributed by atoms with Crippen LogP contribution in [-0.4, -0.2) is 24.3 Å². The maximum Gasteiger partial charge on any atom is 0.408 e. The van der Waals surface area contributed by atoms with Crippen molar-refractivity contribution in [2.75, 3.05) is 5.43 Å². The normalized spacial score (nSPS) is 10.5. The molecule has 9 nitrogen and oxygen atoms in total. The van der Waals surface area contributed by atoms with Gasteiger partial charge in [0.1, 0.15) is 17.2 Å². The molecule has 0 bridgehead atoms. The van der Waals surface area contributed by atoms with Crippen molar-refractivity contribution in [2.45, 2.75) is 6.54 Å². The van der Waals surface area contributed by atoms with E-state index in [4.69, 9.17) is 17.4 Å². The second-order valence-corrected chi connectivity index (χ2v) is 4.11. The predicted octanol–water partition coefficient (Wildman–Crippen LogP) is 0.630. The van der Waals surface area contributed by atoms with Gasteiger partial charge in [-0.15, -0.1) is 5.10 Å². The van der Waals surface area contributed by atoms with Crippen LogP contribution in [0.15, 0.2) is 6.20 Å². The number of nitro groups is 1. The van der Waals surface area contributed by atoms with E-state index in [-0.39, 0.29) is 11.6 Å². The fourth-order valence-corrected chi connectivity index (χ4v) is 1.87. The van der Waals surface area contributed by atoms with Crippen LogP contribution in [0.4, 0.5) is 10.8 Å². The van der Waals surface area contributed by atoms with Crippen LogP contribution in [0.5, 0.6) is 0 Å². The molecule has 0 atom stereocenters. The van der Waals surface area contributed by atoms with Crippen LogP contribution in [0.1, 0.15) is 5.69 Å². The number of halogens is 1. The Labute approximate surface area is 103 Å². The molecule has 0 aromatic carbocycles. The van der Waals surface area contributed by atoms with Gasteiger partial charge in [-0.05, 0) is 4.92 Å². The highest BCUT2D eigenvalue weighted by molar-refractivity contribution is 7.10. The molecular weight excluding hydrogens is 270 g/mol. The summed E-state index contributed by atoms with van der Waals surface area (Å²) in [6.07, 6.45) is 1.35. The molecule has 0 spiro atoms. The van der Waals surface area contributed by atoms with Gasteiger partial charge in [0.25, 0.3) is 0 Å². The van der Waals surface area contributed by atoms with E-state index in [1.165, 1.54) is 10.9 Å². The smallest absolute Gasteiger partial charge is 0.358 e. The summed E-state index contributed by atoms with van der Waals surface area (Å²) >= 11 is 6.74. The summed E-state index contributed by atoms with van der Waals surface area (Å²) in [5.74, 6) is 4.86. The highest BCUT2D eigenvalue weighted by Crippen LogP contribution is 2.23. The number of nitrogens with two attached hydrogens (primary N) is 1. The van der Waals surface area contributed by atoms with Crippen molar-refractivity contribution in [3.8, 4) is 0 Å². The lowest BCUT2D eigenvalue weighted by molar-refractivity contribution is -0.389. The predicted molar refractivity (Wildman–Crippen MR) is 60.7 cm³/mol. The highest BCUT2D eigenvalue weighted by Gasteiger charge is 2.20. The molecule has 2 heterocycles. The molecule has 0 aliphatic carbocycles. The van der Waals surface area contributed by atoms with Gasteiger partial charge < -0.3 is 15.5 Å². The Balaban J connectivity index is 2.25. The zero-order chi connectivity index (χ0) is 12.4. The third kappa shape index (κ3) is 2.33. The summed E-state index contributed by atoms with van der Waals surface area (Å²) in [4.78, 5) is 9.90. The standard InChI is InChI=1S/C6H6ClN7O2S/c7-3-1-13(11-5(3)14(15)16)2-4-6(9-8)17-12-10-4/h1,9H,2,8H2. The fourth-order valence-electron chi connectivity index (χ4n) is 1.17. The SMILES string of the molecule is NNc1snnc1Cn1cc(Cl)c([N+](=O)[O-])n1. The van der Waals surface area contributed by atoms with Crippen molar-refractivity contribution in [1.29, 1.82) is 0 Å². The lowest BCUT2D eigenvalue weighted by Crippen LogP contribution is -2.09. The molecule has 17 heavy (non-hydrogen) atoms. The topological polar surface area (TPSA) is 125 Å². The lowest BCUT2D eigenvalue weighted by Gasteiger charge is -1.96. The summed E-state index contributed by atoms with van der Waals surface area (Å²) in [5.41, 5.74) is 2.96. The molecule has 0 aliphatic heterocycles. The Bertz CT molecular complexity index is 552. The third-order valence-electron chi connectivity index (χ3n) is 1.87. The third-order valence-corrected chi connectivity index (χ3v) is 2.84. The van der Waals surface area contributed by atoms with E-state index in [9.17, 15) is 10.1 Å². The van der Waals surface area contributed by atoms with Gasteiger partial charge in [0.2, 0.25) is 0 Å². The van der Waals surface area contributed by atoms with Gasteiger partial charge in [0.05, 0.1) is 11.3 Å². The molecule has 0 amide bonds. The summed E-state index contributed by atoms with van der Waals surface area (Å²) in [7, 11) is 0. The Hall–Kier alpha value is -1.78. The number of rotatable bonds is 4. The van der Waals surface area contributed by atoms with Gasteiger partial charge in [-0.3, -0.25) is 0 Å². The molecule has 0 saturated carbocycles. The number of aromatic nitrogens is 4. The first-order chi connectivity index (χ1) is 8.11. The van der Waals surface area contributed by atoms with Crippen molar-refractivity contribution in [3.63, 3.8) is 0 Å². The number of hydrogen-bond acceptors (Lipinski definition) is 8. The summed E-state index contributed by atoms with van der Waals surface area (Å²) in [5, 5.41) is 18.6. The number of anilines is 1. The largest absolute Gasteiger partial charge is 0.408 e. The first kappa shape index (κ1) is 11.7. The Morgan fingerprint density at radius 2 is 2.47 bits per heavy atom. The number of nitrogens with zero attached hydrogens (tertiary/aromatic N) is 5. The van der Waals surface area contributed by atoms with Gasteiger partial charge >= 0.3 is 5.82 Å². The van der Waals surface area contributed by atoms with E-state index in [0.717, 1.165) is 11.5 Å². The van der Waals surface area contributed by atoms with Crippen molar-refractivity contribution in [2.24, 2.45) is 5.84 Å². The maximum atomic E-state index is 10.5. The van der Waals surface area contributed by atoms with Crippen molar-refractivity contribution in [1.82, 2.24) is 19.4 Å². The molecule has 2 aromatic rings. The first-order valence-electron chi connectivity index (χ1n) is 4.27. The number of nitrogen functional groups attached to an aromatic ring is 1. The molecule has 3 N–H and O–H groups in total. The van der Waals surface area contributed by atoms with Gasteiger partial charge in [-0.1, -0.05) is 16.1 Å². The van der Waals surface area contributed by atoms with Crippen LogP contribution in [-0.2, 0) is 6.54 Å². The maximum absolute atomic E-state index is 10.5. The molecule has 2 aromatic heterocycles. The van der Waals surface area contributed by atoms with Crippen LogP contribution >= 0.6 is 23.1 Å². The molecule has 90 valence electrons. The first-order valence-corrected chi connectivity index (χ1v) is 5.42. The molecular formula is C6H6ClN7O2S. The summed E-state index contributed by atoms with van der Waals surface area (Å²) in [6, 6.07) is 0. The Morgan fingerprint density at radius 1 is 1.71 bits per heavy atom. The van der Waals surface area contributed by atoms with E-state index >= 15 is 0 Å². The number of nitrogens with one attached hydrogen (secondary N) is 1. The average Bonchev–Trinajstić information content (AvgIpc) is 2.85. The molecule has 0 fully saturated rings. The van der Waals surface area contributed by atoms with Gasteiger partial charge in [-0.2, -0.15) is 4.68 Å². The molecule has 11 heteroatoms. The zero-order valence-electron chi connectivity index (χ0n) is 8.20. The van der Waals surface area contributed by atoms with Crippen LogP contribution in [0, 0.1) is 10.1 Å². The van der Waals surface area contributed by atoms with Crippen LogP contribution in [0.3, 0.4) is 0 Å². The number of hydrazine groups is 1. The minimum atomic E-state index is -0.653. The quantitative estimate of drug-likeness (QED) is 0.476. The van der Waals surface area contributed by atoms with Crippen molar-refractivity contribution in [3.05, 3.63) is 27.0 Å². The Kier molecular flexibility index (Phi) is 3.17. The van der Waals surface area contributed by atoms with Crippen LogP contribution < -0.4 is 11.3 Å². The monoisotopic (exact) mass is 275 g/mol. The van der Waals surface area contributed by atoms with E-state index < -0.39 is 10.7 Å². The fraction of sp³-hybridized carbons (Fsp3) is 0.167. The minimum Gasteiger partial charge on any atom is -0.358 e. The van der Waals surface area contributed by atoms with E-state index in [1.54, 1.807) is 0 Å². The van der Waals surface area contributed by atoms with Gasteiger partial charge in [0.15, 0.2) is 5.02 Å². The minimum absolute atomic E-state index is 0.0274. The molecule has 0 radical (unpaired) electrons. The van der Waals surface area contributed by atoms with Gasteiger partial charge in [-0.25, -0.2) is 5.84 Å². The van der Waals surface area contributed by atoms with E-state index in [2.05, 4.69) is 20.1 Å². The van der Waals surface area contributed by atoms with E-state index in [1.807, 2.05) is 0 Å². The van der Waals surface area contributed by atoms with E-state index in [0.29, 0.717) is 10.7 Å². The second-order valence-electron chi connectivity index (χ2n) is 2.95. The van der Waals surface area contributed by atoms with Crippen molar-refractivity contribution < 1.29 is 4.92 Å². The van der Waals surface area contributed by atoms with Crippen molar-refractivity contribution >= 4 is 34.0 Å². The van der Waals surface area contributed by atoms with Crippen LogP contribution in [0.25, 0.3) is 0 Å². The average molecular weight is 276 g/mol. The Morgan fingerprint density at radius 3 is 3.06 bits per heavy atom.